The number of nitrogen functional groups attached to an aromatic ring is 1. The van der Waals surface area contributed by atoms with Crippen LogP contribution in [-0.4, -0.2) is 143 Å². The van der Waals surface area contributed by atoms with Gasteiger partial charge in [-0.2, -0.15) is 39.5 Å². The van der Waals surface area contributed by atoms with Gasteiger partial charge < -0.3 is 60.3 Å². The monoisotopic (exact) mass is 1580 g/mol. The zero-order valence-corrected chi connectivity index (χ0v) is 62.6. The molecular weight excluding hydrogens is 1510 g/mol. The number of nitrogens with two attached hydrogens (primary N) is 1. The predicted octanol–water partition coefficient (Wildman–Crippen LogP) is 14.1. The summed E-state index contributed by atoms with van der Waals surface area (Å²) in [5, 5.41) is 17.4. The number of halogens is 9. The number of carboxylic acid groups (broad SMARTS) is 1. The smallest absolute Gasteiger partial charge is 0.416 e. The van der Waals surface area contributed by atoms with Gasteiger partial charge >= 0.3 is 36.7 Å². The number of hydrogen-bond acceptors (Lipinski definition) is 21. The van der Waals surface area contributed by atoms with Crippen LogP contribution in [0.3, 0.4) is 0 Å². The molecule has 35 heteroatoms. The van der Waals surface area contributed by atoms with Crippen LogP contribution in [0.4, 0.5) is 66.2 Å². The zero-order valence-electron chi connectivity index (χ0n) is 62.6. The first kappa shape index (κ1) is 85.1. The third kappa shape index (κ3) is 25.0. The van der Waals surface area contributed by atoms with E-state index in [0.29, 0.717) is 46.8 Å². The molecule has 6 aliphatic rings. The second kappa shape index (κ2) is 36.9. The van der Waals surface area contributed by atoms with Crippen molar-refractivity contribution in [3.05, 3.63) is 252 Å². The molecule has 0 bridgehead atoms. The SMILES string of the molecule is CN(Cc1cc(OC2=NC3C=CC=C(C(=O)Nc4cccc(C(F)(F)F)c4)C3C=C2)ncn1)C(=O)OC(C)(C)C.CN(Cc1cc(OC2=NC3C=CC=C(C(=O)O)C3C=C2)ncn1)C(=O)OC(C)(C)C.CNCc1cc(OC2=NC3C=CC=C(C(=O)Nc4cccc(C(F)(F)F)c4)C3C=C2)ncn1.Nc1cccc(C(F)(F)F)c1. The number of benzene rings is 3. The van der Waals surface area contributed by atoms with Gasteiger partial charge in [0, 0.05) is 90.4 Å². The van der Waals surface area contributed by atoms with Crippen molar-refractivity contribution >= 4 is 64.7 Å². The molecule has 6 unspecified atom stereocenters. The summed E-state index contributed by atoms with van der Waals surface area (Å²) >= 11 is 0. The third-order valence-electron chi connectivity index (χ3n) is 16.3. The molecule has 0 saturated heterocycles. The molecule has 6 heterocycles. The van der Waals surface area contributed by atoms with Crippen molar-refractivity contribution in [2.45, 2.75) is 109 Å². The van der Waals surface area contributed by atoms with Crippen molar-refractivity contribution < 1.29 is 92.3 Å². The number of carbonyl (C=O) groups is 5. The average molecular weight is 1580 g/mol. The predicted molar refractivity (Wildman–Crippen MR) is 403 cm³/mol. The Balaban J connectivity index is 0.000000185. The number of aliphatic imine (C=N–C) groups is 3. The number of fused-ring (bicyclic) bond motifs is 3. The number of dihydropyridines is 3. The number of nitrogens with zero attached hydrogens (tertiary/aromatic N) is 11. The number of aromatic nitrogens is 6. The molecule has 6 aromatic rings. The highest BCUT2D eigenvalue weighted by Crippen LogP contribution is 2.37. The molecule has 12 rings (SSSR count). The highest BCUT2D eigenvalue weighted by Gasteiger charge is 2.37. The Kier molecular flexibility index (Phi) is 27.5. The second-order valence-electron chi connectivity index (χ2n) is 27.6. The van der Waals surface area contributed by atoms with Gasteiger partial charge in [-0.25, -0.2) is 59.3 Å². The van der Waals surface area contributed by atoms with Crippen LogP contribution < -0.4 is 35.9 Å². The molecule has 0 saturated carbocycles. The van der Waals surface area contributed by atoms with E-state index in [0.717, 1.165) is 42.1 Å². The summed E-state index contributed by atoms with van der Waals surface area (Å²) in [4.78, 5) is 103. The van der Waals surface area contributed by atoms with Gasteiger partial charge in [0.1, 0.15) is 30.2 Å². The molecule has 4 amide bonds. The van der Waals surface area contributed by atoms with Crippen LogP contribution in [0.25, 0.3) is 0 Å². The summed E-state index contributed by atoms with van der Waals surface area (Å²) in [7, 11) is 5.02. The summed E-state index contributed by atoms with van der Waals surface area (Å²) in [5.74, 6) is -1.42. The van der Waals surface area contributed by atoms with Gasteiger partial charge in [-0.15, -0.1) is 0 Å². The fourth-order valence-electron chi connectivity index (χ4n) is 11.1. The van der Waals surface area contributed by atoms with E-state index in [2.05, 4.69) is 60.8 Å². The number of carbonyl (C=O) groups excluding carboxylic acids is 4. The first-order valence-electron chi connectivity index (χ1n) is 34.8. The number of allylic oxidation sites excluding steroid dienone is 6. The first-order valence-corrected chi connectivity index (χ1v) is 34.8. The Bertz CT molecular complexity index is 4940. The van der Waals surface area contributed by atoms with Crippen LogP contribution in [0.5, 0.6) is 17.6 Å². The van der Waals surface area contributed by atoms with Crippen molar-refractivity contribution in [1.29, 1.82) is 0 Å². The number of amides is 4. The number of carboxylic acids is 1. The Morgan fingerprint density at radius 3 is 1.15 bits per heavy atom. The Morgan fingerprint density at radius 2 is 0.807 bits per heavy atom. The van der Waals surface area contributed by atoms with Gasteiger partial charge in [0.25, 0.3) is 11.8 Å². The number of alkyl halides is 9. The first-order chi connectivity index (χ1) is 53.7. The highest BCUT2D eigenvalue weighted by atomic mass is 19.4. The lowest BCUT2D eigenvalue weighted by Crippen LogP contribution is -2.34. The van der Waals surface area contributed by atoms with Crippen LogP contribution >= 0.6 is 0 Å². The normalized spacial score (nSPS) is 18.4. The number of ether oxygens (including phenoxy) is 5. The van der Waals surface area contributed by atoms with Crippen LogP contribution in [0.2, 0.25) is 0 Å². The standard InChI is InChI=1S/C28H28F3N5O4.C23H20F3N5O2.C21H24N4O5.C7H6F3N/c1-27(2,3)40-26(38)36(4)15-19-14-24(33-16-32-19)39-23-12-11-20-21(9-6-10-22(20)35-23)25(37)34-18-8-5-7-17(13-18)28(29,30)31;1-27-12-16-11-21(29-13-28-16)33-20-9-8-17-18(6-3-7-19(17)31-20)22(32)30-15-5-2-4-14(10-15)23(24,25)26;1-21(2,3)30-20(28)25(4)11-13-10-18(23-12-22-13)29-17-9-8-14-15(19(26)27)6-5-7-16(14)24-17;8-7(9,10)5-2-1-3-6(11)4-5/h5-14,16,20,22H,15H2,1-4H3,(H,34,37);2-11,13,17,19,27H,12H2,1H3,(H,30,32);5-10,12,14,16H,11H2,1-4H3,(H,26,27);1-4H,11H2. The van der Waals surface area contributed by atoms with E-state index < -0.39 is 94.4 Å². The topological polar surface area (TPSA) is 335 Å². The van der Waals surface area contributed by atoms with Gasteiger partial charge in [0.05, 0.1) is 65.0 Å². The maximum Gasteiger partial charge on any atom is 0.416 e. The largest absolute Gasteiger partial charge is 0.478 e. The molecule has 3 aromatic heterocycles. The summed E-state index contributed by atoms with van der Waals surface area (Å²) < 4.78 is 142. The van der Waals surface area contributed by atoms with Crippen LogP contribution in [0.15, 0.2) is 233 Å². The maximum absolute atomic E-state index is 13.0. The van der Waals surface area contributed by atoms with E-state index in [-0.39, 0.29) is 71.3 Å². The van der Waals surface area contributed by atoms with Crippen molar-refractivity contribution in [3.63, 3.8) is 0 Å². The number of anilines is 3. The second-order valence-corrected chi connectivity index (χ2v) is 27.6. The average Bonchev–Trinajstić information content (AvgIpc) is 0.798. The van der Waals surface area contributed by atoms with Crippen molar-refractivity contribution in [2.24, 2.45) is 32.7 Å². The molecule has 0 fully saturated rings. The van der Waals surface area contributed by atoms with Crippen molar-refractivity contribution in [1.82, 2.24) is 45.0 Å². The lowest BCUT2D eigenvalue weighted by Gasteiger charge is -2.27. The van der Waals surface area contributed by atoms with E-state index >= 15 is 0 Å². The summed E-state index contributed by atoms with van der Waals surface area (Å²) in [6, 6.07) is 17.2. The lowest BCUT2D eigenvalue weighted by molar-refractivity contribution is -0.138. The molecular formula is C79H78F9N15O11. The van der Waals surface area contributed by atoms with Gasteiger partial charge in [0.15, 0.2) is 0 Å². The van der Waals surface area contributed by atoms with Crippen LogP contribution in [-0.2, 0) is 62.0 Å². The van der Waals surface area contributed by atoms with Gasteiger partial charge in [-0.3, -0.25) is 9.59 Å². The Morgan fingerprint density at radius 1 is 0.465 bits per heavy atom. The van der Waals surface area contributed by atoms with Gasteiger partial charge in [0.2, 0.25) is 35.3 Å². The quantitative estimate of drug-likeness (QED) is 0.0499. The zero-order chi connectivity index (χ0) is 82.9. The molecule has 6 atom stereocenters. The third-order valence-corrected chi connectivity index (χ3v) is 16.3. The van der Waals surface area contributed by atoms with Crippen LogP contribution in [0.1, 0.15) is 75.3 Å². The molecule has 3 aliphatic heterocycles. The molecule has 0 spiro atoms. The van der Waals surface area contributed by atoms with Crippen molar-refractivity contribution in [2.75, 3.05) is 37.5 Å². The minimum atomic E-state index is -4.52. The number of hydrogen-bond donors (Lipinski definition) is 5. The highest BCUT2D eigenvalue weighted by molar-refractivity contribution is 6.06. The number of nitrogens with one attached hydrogen (secondary N) is 3. The van der Waals surface area contributed by atoms with Gasteiger partial charge in [-0.1, -0.05) is 91.1 Å². The van der Waals surface area contributed by atoms with E-state index in [4.69, 9.17) is 29.4 Å². The fraction of sp³-hybridized carbons (Fsp3) is 0.291. The van der Waals surface area contributed by atoms with E-state index in [1.54, 1.807) is 160 Å². The summed E-state index contributed by atoms with van der Waals surface area (Å²) in [6.07, 6.45) is 15.2. The molecule has 3 aliphatic carbocycles. The van der Waals surface area contributed by atoms with E-state index in [1.807, 2.05) is 12.2 Å². The molecule has 114 heavy (non-hydrogen) atoms. The maximum atomic E-state index is 13.0. The Labute approximate surface area is 648 Å². The van der Waals surface area contributed by atoms with Crippen LogP contribution in [0, 0.1) is 17.8 Å². The molecule has 6 N–H and O–H groups in total. The molecule has 0 radical (unpaired) electrons. The molecule has 598 valence electrons. The molecule has 26 nitrogen and oxygen atoms in total. The molecule has 3 aromatic carbocycles. The van der Waals surface area contributed by atoms with Gasteiger partial charge in [-0.05, 0) is 121 Å². The Hall–Kier alpha value is -13.0. The summed E-state index contributed by atoms with van der Waals surface area (Å²) in [6.45, 7) is 11.7. The fourth-order valence-corrected chi connectivity index (χ4v) is 11.1. The number of rotatable bonds is 14. The summed E-state index contributed by atoms with van der Waals surface area (Å²) in [5.41, 5.74) is 4.64. The lowest BCUT2D eigenvalue weighted by atomic mass is 9.85. The minimum Gasteiger partial charge on any atom is -0.478 e. The van der Waals surface area contributed by atoms with E-state index in [1.165, 1.54) is 65.2 Å². The van der Waals surface area contributed by atoms with Crippen molar-refractivity contribution in [3.8, 4) is 17.6 Å². The minimum absolute atomic E-state index is 0.0380. The van der Waals surface area contributed by atoms with E-state index in [9.17, 15) is 68.6 Å². The number of aliphatic carboxylic acids is 1.